The van der Waals surface area contributed by atoms with Gasteiger partial charge in [0, 0.05) is 19.2 Å². The SMILES string of the molecule is CCCCOC(C)CNC(C)C. The highest BCUT2D eigenvalue weighted by molar-refractivity contribution is 4.58. The van der Waals surface area contributed by atoms with Gasteiger partial charge in [0.25, 0.3) is 0 Å². The van der Waals surface area contributed by atoms with Crippen LogP contribution in [0, 0.1) is 0 Å². The summed E-state index contributed by atoms with van der Waals surface area (Å²) >= 11 is 0. The maximum absolute atomic E-state index is 5.57. The van der Waals surface area contributed by atoms with Crippen LogP contribution in [-0.4, -0.2) is 25.3 Å². The fourth-order valence-electron chi connectivity index (χ4n) is 0.889. The van der Waals surface area contributed by atoms with Gasteiger partial charge in [0.1, 0.15) is 0 Å². The number of hydrogen-bond donors (Lipinski definition) is 1. The van der Waals surface area contributed by atoms with Gasteiger partial charge in [0.2, 0.25) is 0 Å². The average Bonchev–Trinajstić information content (AvgIpc) is 2.01. The van der Waals surface area contributed by atoms with Gasteiger partial charge in [0.15, 0.2) is 0 Å². The molecule has 0 radical (unpaired) electrons. The van der Waals surface area contributed by atoms with Gasteiger partial charge in [-0.05, 0) is 13.3 Å². The van der Waals surface area contributed by atoms with E-state index in [4.69, 9.17) is 4.74 Å². The predicted octanol–water partition coefficient (Wildman–Crippen LogP) is 2.19. The summed E-state index contributed by atoms with van der Waals surface area (Å²) in [5.74, 6) is 0. The van der Waals surface area contributed by atoms with Crippen LogP contribution < -0.4 is 5.32 Å². The third-order valence-electron chi connectivity index (χ3n) is 1.71. The Morgan fingerprint density at radius 3 is 2.42 bits per heavy atom. The zero-order valence-corrected chi connectivity index (χ0v) is 8.89. The number of rotatable bonds is 7. The van der Waals surface area contributed by atoms with E-state index in [0.29, 0.717) is 12.1 Å². The van der Waals surface area contributed by atoms with E-state index in [2.05, 4.69) is 33.0 Å². The molecule has 2 heteroatoms. The molecule has 0 rings (SSSR count). The molecule has 0 aliphatic carbocycles. The molecule has 74 valence electrons. The first-order valence-corrected chi connectivity index (χ1v) is 5.01. The summed E-state index contributed by atoms with van der Waals surface area (Å²) in [7, 11) is 0. The first kappa shape index (κ1) is 11.9. The number of unbranched alkanes of at least 4 members (excludes halogenated alkanes) is 1. The molecule has 0 aliphatic heterocycles. The second-order valence-electron chi connectivity index (χ2n) is 3.60. The molecule has 1 unspecified atom stereocenters. The van der Waals surface area contributed by atoms with Crippen molar-refractivity contribution in [3.8, 4) is 0 Å². The molecule has 0 spiro atoms. The van der Waals surface area contributed by atoms with Crippen LogP contribution in [0.15, 0.2) is 0 Å². The maximum atomic E-state index is 5.57. The topological polar surface area (TPSA) is 21.3 Å². The zero-order chi connectivity index (χ0) is 9.40. The van der Waals surface area contributed by atoms with Crippen molar-refractivity contribution < 1.29 is 4.74 Å². The highest BCUT2D eigenvalue weighted by Gasteiger charge is 2.01. The lowest BCUT2D eigenvalue weighted by Crippen LogP contribution is -2.32. The Morgan fingerprint density at radius 1 is 1.25 bits per heavy atom. The third-order valence-corrected chi connectivity index (χ3v) is 1.71. The molecule has 1 atom stereocenters. The lowest BCUT2D eigenvalue weighted by Gasteiger charge is -2.15. The molecule has 0 saturated heterocycles. The minimum absolute atomic E-state index is 0.346. The predicted molar refractivity (Wildman–Crippen MR) is 53.5 cm³/mol. The van der Waals surface area contributed by atoms with Gasteiger partial charge >= 0.3 is 0 Å². The molecule has 0 saturated carbocycles. The summed E-state index contributed by atoms with van der Waals surface area (Å²) < 4.78 is 5.57. The second kappa shape index (κ2) is 7.56. The molecule has 0 aromatic carbocycles. The molecular weight excluding hydrogens is 150 g/mol. The van der Waals surface area contributed by atoms with E-state index in [1.54, 1.807) is 0 Å². The minimum Gasteiger partial charge on any atom is -0.377 e. The standard InChI is InChI=1S/C10H23NO/c1-5-6-7-12-10(4)8-11-9(2)3/h9-11H,5-8H2,1-4H3. The fourth-order valence-corrected chi connectivity index (χ4v) is 0.889. The van der Waals surface area contributed by atoms with Crippen molar-refractivity contribution in [1.82, 2.24) is 5.32 Å². The van der Waals surface area contributed by atoms with Gasteiger partial charge in [-0.1, -0.05) is 27.2 Å². The monoisotopic (exact) mass is 173 g/mol. The molecule has 0 aliphatic rings. The van der Waals surface area contributed by atoms with E-state index in [1.807, 2.05) is 0 Å². The van der Waals surface area contributed by atoms with Crippen molar-refractivity contribution in [2.75, 3.05) is 13.2 Å². The Balaban J connectivity index is 3.15. The van der Waals surface area contributed by atoms with Crippen LogP contribution in [0.25, 0.3) is 0 Å². The van der Waals surface area contributed by atoms with E-state index in [0.717, 1.165) is 13.2 Å². The first-order chi connectivity index (χ1) is 5.66. The van der Waals surface area contributed by atoms with Crippen LogP contribution in [0.2, 0.25) is 0 Å². The quantitative estimate of drug-likeness (QED) is 0.596. The molecular formula is C10H23NO. The normalized spacial score (nSPS) is 13.8. The molecule has 1 N–H and O–H groups in total. The molecule has 0 heterocycles. The molecule has 0 fully saturated rings. The van der Waals surface area contributed by atoms with E-state index in [1.165, 1.54) is 12.8 Å². The number of ether oxygens (including phenoxy) is 1. The largest absolute Gasteiger partial charge is 0.377 e. The van der Waals surface area contributed by atoms with Crippen LogP contribution >= 0.6 is 0 Å². The summed E-state index contributed by atoms with van der Waals surface area (Å²) in [5, 5.41) is 3.35. The van der Waals surface area contributed by atoms with E-state index < -0.39 is 0 Å². The fraction of sp³-hybridized carbons (Fsp3) is 1.00. The molecule has 0 aromatic heterocycles. The summed E-state index contributed by atoms with van der Waals surface area (Å²) in [5.41, 5.74) is 0. The van der Waals surface area contributed by atoms with Crippen molar-refractivity contribution in [3.05, 3.63) is 0 Å². The van der Waals surface area contributed by atoms with Crippen LogP contribution in [0.1, 0.15) is 40.5 Å². The number of nitrogens with one attached hydrogen (secondary N) is 1. The highest BCUT2D eigenvalue weighted by atomic mass is 16.5. The summed E-state index contributed by atoms with van der Waals surface area (Å²) in [4.78, 5) is 0. The van der Waals surface area contributed by atoms with Crippen molar-refractivity contribution in [1.29, 1.82) is 0 Å². The van der Waals surface area contributed by atoms with Gasteiger partial charge in [-0.15, -0.1) is 0 Å². The van der Waals surface area contributed by atoms with Crippen LogP contribution in [0.4, 0.5) is 0 Å². The van der Waals surface area contributed by atoms with Gasteiger partial charge < -0.3 is 10.1 Å². The van der Waals surface area contributed by atoms with Crippen molar-refractivity contribution in [3.63, 3.8) is 0 Å². The molecule has 0 amide bonds. The smallest absolute Gasteiger partial charge is 0.0671 e. The van der Waals surface area contributed by atoms with E-state index in [9.17, 15) is 0 Å². The number of hydrogen-bond acceptors (Lipinski definition) is 2. The zero-order valence-electron chi connectivity index (χ0n) is 8.89. The molecule has 2 nitrogen and oxygen atoms in total. The highest BCUT2D eigenvalue weighted by Crippen LogP contribution is 1.94. The van der Waals surface area contributed by atoms with Crippen molar-refractivity contribution in [2.45, 2.75) is 52.7 Å². The average molecular weight is 173 g/mol. The van der Waals surface area contributed by atoms with Crippen LogP contribution in [0.5, 0.6) is 0 Å². The van der Waals surface area contributed by atoms with E-state index >= 15 is 0 Å². The Bertz CT molecular complexity index is 93.8. The summed E-state index contributed by atoms with van der Waals surface area (Å²) in [6, 6.07) is 0.558. The lowest BCUT2D eigenvalue weighted by molar-refractivity contribution is 0.0627. The van der Waals surface area contributed by atoms with Gasteiger partial charge in [-0.2, -0.15) is 0 Å². The van der Waals surface area contributed by atoms with Crippen LogP contribution in [0.3, 0.4) is 0 Å². The Hall–Kier alpha value is -0.0800. The van der Waals surface area contributed by atoms with Crippen molar-refractivity contribution in [2.24, 2.45) is 0 Å². The van der Waals surface area contributed by atoms with Crippen molar-refractivity contribution >= 4 is 0 Å². The van der Waals surface area contributed by atoms with Gasteiger partial charge in [-0.25, -0.2) is 0 Å². The molecule has 0 aromatic rings. The first-order valence-electron chi connectivity index (χ1n) is 5.01. The molecule has 0 bridgehead atoms. The second-order valence-corrected chi connectivity index (χ2v) is 3.60. The minimum atomic E-state index is 0.346. The van der Waals surface area contributed by atoms with Gasteiger partial charge in [0.05, 0.1) is 6.10 Å². The van der Waals surface area contributed by atoms with E-state index in [-0.39, 0.29) is 0 Å². The lowest BCUT2D eigenvalue weighted by atomic mass is 10.3. The Labute approximate surface area is 76.7 Å². The third kappa shape index (κ3) is 8.02. The van der Waals surface area contributed by atoms with Crippen LogP contribution in [-0.2, 0) is 4.74 Å². The summed E-state index contributed by atoms with van der Waals surface area (Å²) in [6.07, 6.45) is 2.73. The maximum Gasteiger partial charge on any atom is 0.0671 e. The Morgan fingerprint density at radius 2 is 1.92 bits per heavy atom. The molecule has 12 heavy (non-hydrogen) atoms. The van der Waals surface area contributed by atoms with Gasteiger partial charge in [-0.3, -0.25) is 0 Å². The summed E-state index contributed by atoms with van der Waals surface area (Å²) in [6.45, 7) is 10.5. The Kier molecular flexibility index (Phi) is 7.51.